The number of aromatic nitrogens is 3. The Morgan fingerprint density at radius 3 is 2.52 bits per heavy atom. The van der Waals surface area contributed by atoms with E-state index in [0.717, 1.165) is 11.1 Å². The lowest BCUT2D eigenvalue weighted by Crippen LogP contribution is -1.97. The molecular weight excluding hydrogens is 344 g/mol. The summed E-state index contributed by atoms with van der Waals surface area (Å²) in [6, 6.07) is 19.2. The van der Waals surface area contributed by atoms with Gasteiger partial charge < -0.3 is 9.72 Å². The van der Waals surface area contributed by atoms with Crippen LogP contribution in [0.15, 0.2) is 72.9 Å². The molecular formula is C20H14N4O3. The SMILES string of the molecule is O=[N+]([O-])c1ccc(/C=C(\Oc2ccccc2)c2nc3ncccc3[nH]2)cc1. The first-order valence-corrected chi connectivity index (χ1v) is 8.19. The zero-order valence-electron chi connectivity index (χ0n) is 14.1. The van der Waals surface area contributed by atoms with E-state index >= 15 is 0 Å². The van der Waals surface area contributed by atoms with Crippen LogP contribution in [0.1, 0.15) is 11.4 Å². The minimum Gasteiger partial charge on any atom is -0.453 e. The second kappa shape index (κ2) is 7.09. The molecule has 0 radical (unpaired) electrons. The largest absolute Gasteiger partial charge is 0.453 e. The number of nitrogens with one attached hydrogen (secondary N) is 1. The molecule has 0 saturated heterocycles. The third-order valence-corrected chi connectivity index (χ3v) is 3.86. The average molecular weight is 358 g/mol. The molecule has 0 aliphatic carbocycles. The number of ether oxygens (including phenoxy) is 1. The van der Waals surface area contributed by atoms with Crippen LogP contribution >= 0.6 is 0 Å². The summed E-state index contributed by atoms with van der Waals surface area (Å²) in [4.78, 5) is 22.3. The summed E-state index contributed by atoms with van der Waals surface area (Å²) >= 11 is 0. The number of H-pyrrole nitrogens is 1. The number of pyridine rings is 1. The van der Waals surface area contributed by atoms with Crippen LogP contribution < -0.4 is 4.74 Å². The van der Waals surface area contributed by atoms with Gasteiger partial charge in [-0.1, -0.05) is 18.2 Å². The number of non-ortho nitro benzene ring substituents is 1. The van der Waals surface area contributed by atoms with E-state index < -0.39 is 4.92 Å². The monoisotopic (exact) mass is 358 g/mol. The van der Waals surface area contributed by atoms with Crippen LogP contribution in [-0.4, -0.2) is 19.9 Å². The third-order valence-electron chi connectivity index (χ3n) is 3.86. The van der Waals surface area contributed by atoms with Gasteiger partial charge in [0, 0.05) is 18.3 Å². The van der Waals surface area contributed by atoms with Crippen molar-refractivity contribution in [1.29, 1.82) is 0 Å². The van der Waals surface area contributed by atoms with Crippen molar-refractivity contribution in [1.82, 2.24) is 15.0 Å². The van der Waals surface area contributed by atoms with Crippen LogP contribution in [0.4, 0.5) is 5.69 Å². The van der Waals surface area contributed by atoms with Gasteiger partial charge in [0.15, 0.2) is 17.2 Å². The number of nitro groups is 1. The molecule has 0 spiro atoms. The van der Waals surface area contributed by atoms with Crippen LogP contribution in [0.3, 0.4) is 0 Å². The van der Waals surface area contributed by atoms with E-state index in [1.807, 2.05) is 42.5 Å². The predicted octanol–water partition coefficient (Wildman–Crippen LogP) is 4.44. The molecule has 1 N–H and O–H groups in total. The Kier molecular flexibility index (Phi) is 4.32. The fourth-order valence-electron chi connectivity index (χ4n) is 2.57. The number of para-hydroxylation sites is 1. The summed E-state index contributed by atoms with van der Waals surface area (Å²) in [6.45, 7) is 0. The molecule has 7 nitrogen and oxygen atoms in total. The normalized spacial score (nSPS) is 11.5. The molecule has 4 rings (SSSR count). The molecule has 4 aromatic rings. The Morgan fingerprint density at radius 1 is 1.04 bits per heavy atom. The topological polar surface area (TPSA) is 93.9 Å². The van der Waals surface area contributed by atoms with E-state index in [9.17, 15) is 10.1 Å². The van der Waals surface area contributed by atoms with Crippen molar-refractivity contribution >= 4 is 28.7 Å². The summed E-state index contributed by atoms with van der Waals surface area (Å²) in [5, 5.41) is 10.8. The van der Waals surface area contributed by atoms with E-state index in [2.05, 4.69) is 15.0 Å². The van der Waals surface area contributed by atoms with Gasteiger partial charge in [-0.2, -0.15) is 0 Å². The second-order valence-electron chi connectivity index (χ2n) is 5.73. The smallest absolute Gasteiger partial charge is 0.269 e. The van der Waals surface area contributed by atoms with Crippen molar-refractivity contribution in [3.63, 3.8) is 0 Å². The number of benzene rings is 2. The Bertz CT molecular complexity index is 1090. The van der Waals surface area contributed by atoms with Gasteiger partial charge in [-0.15, -0.1) is 0 Å². The van der Waals surface area contributed by atoms with E-state index in [4.69, 9.17) is 4.74 Å². The third kappa shape index (κ3) is 3.67. The van der Waals surface area contributed by atoms with E-state index in [0.29, 0.717) is 23.0 Å². The molecule has 7 heteroatoms. The number of aromatic amines is 1. The summed E-state index contributed by atoms with van der Waals surface area (Å²) in [7, 11) is 0. The predicted molar refractivity (Wildman–Crippen MR) is 102 cm³/mol. The minimum absolute atomic E-state index is 0.0330. The number of rotatable bonds is 5. The number of nitrogens with zero attached hydrogens (tertiary/aromatic N) is 3. The highest BCUT2D eigenvalue weighted by Gasteiger charge is 2.12. The molecule has 0 fully saturated rings. The van der Waals surface area contributed by atoms with Crippen molar-refractivity contribution in [2.24, 2.45) is 0 Å². The summed E-state index contributed by atoms with van der Waals surface area (Å²) < 4.78 is 6.02. The molecule has 0 bridgehead atoms. The van der Waals surface area contributed by atoms with Gasteiger partial charge in [-0.05, 0) is 48.0 Å². The molecule has 2 aromatic heterocycles. The van der Waals surface area contributed by atoms with Crippen molar-refractivity contribution in [2.75, 3.05) is 0 Å². The molecule has 132 valence electrons. The minimum atomic E-state index is -0.431. The Labute approximate surface area is 154 Å². The Hall–Kier alpha value is -4.00. The molecule has 0 aliphatic heterocycles. The fourth-order valence-corrected chi connectivity index (χ4v) is 2.57. The maximum atomic E-state index is 10.8. The van der Waals surface area contributed by atoms with E-state index in [1.165, 1.54) is 12.1 Å². The van der Waals surface area contributed by atoms with Gasteiger partial charge in [0.1, 0.15) is 5.75 Å². The first-order valence-electron chi connectivity index (χ1n) is 8.19. The number of nitro benzene ring substituents is 1. The molecule has 0 saturated carbocycles. The average Bonchev–Trinajstić information content (AvgIpc) is 3.13. The highest BCUT2D eigenvalue weighted by molar-refractivity contribution is 5.80. The molecule has 0 unspecified atom stereocenters. The van der Waals surface area contributed by atoms with Crippen LogP contribution in [0.2, 0.25) is 0 Å². The highest BCUT2D eigenvalue weighted by Crippen LogP contribution is 2.24. The number of imidazole rings is 1. The number of hydrogen-bond acceptors (Lipinski definition) is 5. The fraction of sp³-hybridized carbons (Fsp3) is 0. The number of fused-ring (bicyclic) bond motifs is 1. The van der Waals surface area contributed by atoms with Crippen LogP contribution in [0.25, 0.3) is 23.0 Å². The highest BCUT2D eigenvalue weighted by atomic mass is 16.6. The first kappa shape index (κ1) is 16.5. The standard InChI is InChI=1S/C20H14N4O3/c25-24(26)15-10-8-14(9-11-15)13-18(27-16-5-2-1-3-6-16)20-22-17-7-4-12-21-19(17)23-20/h1-13H,(H,21,22,23)/b18-13-. The van der Waals surface area contributed by atoms with E-state index in [1.54, 1.807) is 24.4 Å². The maximum Gasteiger partial charge on any atom is 0.269 e. The molecule has 27 heavy (non-hydrogen) atoms. The lowest BCUT2D eigenvalue weighted by atomic mass is 10.2. The maximum absolute atomic E-state index is 10.8. The first-order chi connectivity index (χ1) is 13.2. The van der Waals surface area contributed by atoms with Gasteiger partial charge in [-0.3, -0.25) is 10.1 Å². The Balaban J connectivity index is 1.76. The summed E-state index contributed by atoms with van der Waals surface area (Å²) in [5.41, 5.74) is 2.16. The quantitative estimate of drug-likeness (QED) is 0.323. The van der Waals surface area contributed by atoms with Crippen LogP contribution in [-0.2, 0) is 0 Å². The zero-order chi connectivity index (χ0) is 18.6. The van der Waals surface area contributed by atoms with Crippen LogP contribution in [0, 0.1) is 10.1 Å². The lowest BCUT2D eigenvalue weighted by Gasteiger charge is -2.08. The van der Waals surface area contributed by atoms with Crippen LogP contribution in [0.5, 0.6) is 5.75 Å². The Morgan fingerprint density at radius 2 is 1.81 bits per heavy atom. The lowest BCUT2D eigenvalue weighted by molar-refractivity contribution is -0.384. The van der Waals surface area contributed by atoms with Gasteiger partial charge >= 0.3 is 0 Å². The molecule has 0 atom stereocenters. The van der Waals surface area contributed by atoms with E-state index in [-0.39, 0.29) is 5.69 Å². The van der Waals surface area contributed by atoms with Gasteiger partial charge in [0.25, 0.3) is 5.69 Å². The molecule has 0 amide bonds. The van der Waals surface area contributed by atoms with Gasteiger partial charge in [0.05, 0.1) is 10.4 Å². The zero-order valence-corrected chi connectivity index (χ0v) is 14.1. The summed E-state index contributed by atoms with van der Waals surface area (Å²) in [6.07, 6.45) is 3.44. The van der Waals surface area contributed by atoms with Gasteiger partial charge in [-0.25, -0.2) is 9.97 Å². The summed E-state index contributed by atoms with van der Waals surface area (Å²) in [5.74, 6) is 1.65. The van der Waals surface area contributed by atoms with Gasteiger partial charge in [0.2, 0.25) is 0 Å². The molecule has 2 aromatic carbocycles. The second-order valence-corrected chi connectivity index (χ2v) is 5.73. The van der Waals surface area contributed by atoms with Crippen molar-refractivity contribution in [3.05, 3.63) is 94.4 Å². The van der Waals surface area contributed by atoms with Crippen molar-refractivity contribution in [3.8, 4) is 5.75 Å². The molecule has 0 aliphatic rings. The van der Waals surface area contributed by atoms with Crippen molar-refractivity contribution in [2.45, 2.75) is 0 Å². The molecule has 2 heterocycles. The van der Waals surface area contributed by atoms with Crippen molar-refractivity contribution < 1.29 is 9.66 Å². The number of hydrogen-bond donors (Lipinski definition) is 1.